The Labute approximate surface area is 425 Å². The van der Waals surface area contributed by atoms with Gasteiger partial charge in [0.05, 0.1) is 12.3 Å². The summed E-state index contributed by atoms with van der Waals surface area (Å²) in [7, 11) is 1.36. The van der Waals surface area contributed by atoms with Crippen molar-refractivity contribution < 1.29 is 63.2 Å². The van der Waals surface area contributed by atoms with Crippen LogP contribution in [0.15, 0.2) is 54.6 Å². The number of aryl methyl sites for hydroxylation is 1. The standard InChI is InChI=1S/C51H73N9O13/c1-6-7-9-18-40(62)54-36(28-42(64)65)46(67)58-44-30(4)73-51(72)43(29(2)3)57-47(68)37(25-21-31-19-22-33(61)23-20-31)59(5)50(71)38(27-32-14-10-8-11-15-32)60-41(63)26-24-35(49(60)70)56-45(66)34(55-48(44)69)16-12-13-17-39(52)53/h8,10-11,14-15,19-20,22-23,29-30,34-38,41,43-44,61,63H,6-7,9,12-13,16-18,21,24-28H2,1-5H3,(H3,52,53)(H,54,62)(H,55,69)(H,56,66)(H,57,68)(H,58,67)(H,64,65). The first-order valence-electron chi connectivity index (χ1n) is 25.0. The summed E-state index contributed by atoms with van der Waals surface area (Å²) in [5.74, 6) is -9.50. The molecule has 2 fully saturated rings. The summed E-state index contributed by atoms with van der Waals surface area (Å²) in [4.78, 5) is 129. The van der Waals surface area contributed by atoms with Crippen molar-refractivity contribution in [1.82, 2.24) is 36.4 Å². The van der Waals surface area contributed by atoms with Crippen molar-refractivity contribution in [2.75, 3.05) is 7.05 Å². The molecule has 0 spiro atoms. The number of amides is 7. The summed E-state index contributed by atoms with van der Waals surface area (Å²) in [6.45, 7) is 6.37. The molecule has 2 bridgehead atoms. The molecular formula is C51H73N9O13. The van der Waals surface area contributed by atoms with Crippen molar-refractivity contribution in [1.29, 1.82) is 5.41 Å². The lowest BCUT2D eigenvalue weighted by Gasteiger charge is -2.43. The van der Waals surface area contributed by atoms with Crippen LogP contribution < -0.4 is 32.3 Å². The second-order valence-corrected chi connectivity index (χ2v) is 19.1. The molecule has 9 atom stereocenters. The monoisotopic (exact) mass is 1020 g/mol. The molecule has 2 aromatic carbocycles. The number of aliphatic carboxylic acids is 1. The minimum Gasteiger partial charge on any atom is -0.508 e. The number of phenols is 1. The largest absolute Gasteiger partial charge is 0.508 e. The number of nitrogens with two attached hydrogens (primary N) is 1. The molecule has 2 heterocycles. The van der Waals surface area contributed by atoms with Gasteiger partial charge < -0.3 is 62.2 Å². The number of nitrogens with zero attached hydrogens (tertiary/aromatic N) is 2. The number of phenolic OH excluding ortho intramolecular Hbond substituents is 1. The number of carboxylic acids is 1. The molecule has 400 valence electrons. The molecule has 73 heavy (non-hydrogen) atoms. The number of amidine groups is 1. The van der Waals surface area contributed by atoms with Crippen LogP contribution >= 0.6 is 0 Å². The number of ether oxygens (including phenoxy) is 1. The SMILES string of the molecule is CCCCCC(=O)NC(CC(=O)O)C(=O)NC1C(=O)NC(CCCCC(=N)N)C(=O)NC2CCC(O)N(C2=O)C(Cc2ccccc2)C(=O)N(C)C(CCc2ccc(O)cc2)C(=O)NC(C(C)C)C(=O)OC1C. The number of piperidine rings is 1. The number of aliphatic hydroxyl groups is 1. The first kappa shape index (κ1) is 58.5. The quantitative estimate of drug-likeness (QED) is 0.0387. The second kappa shape index (κ2) is 28.2. The maximum Gasteiger partial charge on any atom is 0.329 e. The number of fused-ring (bicyclic) bond motifs is 2. The van der Waals surface area contributed by atoms with Gasteiger partial charge in [0.25, 0.3) is 0 Å². The van der Waals surface area contributed by atoms with Crippen molar-refractivity contribution in [2.24, 2.45) is 11.7 Å². The van der Waals surface area contributed by atoms with Gasteiger partial charge in [-0.1, -0.05) is 82.5 Å². The van der Waals surface area contributed by atoms with E-state index in [0.29, 0.717) is 30.4 Å². The number of nitrogens with one attached hydrogen (secondary N) is 6. The number of hydrogen-bond donors (Lipinski definition) is 10. The molecule has 4 rings (SSSR count). The summed E-state index contributed by atoms with van der Waals surface area (Å²) in [5, 5.41) is 51.8. The minimum atomic E-state index is -1.87. The Hall–Kier alpha value is -7.10. The van der Waals surface area contributed by atoms with E-state index in [2.05, 4.69) is 26.6 Å². The third kappa shape index (κ3) is 17.6. The zero-order valence-corrected chi connectivity index (χ0v) is 42.3. The lowest BCUT2D eigenvalue weighted by atomic mass is 9.95. The molecule has 7 amide bonds. The van der Waals surface area contributed by atoms with E-state index in [0.717, 1.165) is 16.2 Å². The predicted molar refractivity (Wildman–Crippen MR) is 266 cm³/mol. The van der Waals surface area contributed by atoms with Gasteiger partial charge in [-0.15, -0.1) is 0 Å². The maximum absolute atomic E-state index is 15.1. The summed E-state index contributed by atoms with van der Waals surface area (Å²) in [6.07, 6.45) is -1.76. The van der Waals surface area contributed by atoms with E-state index in [4.69, 9.17) is 15.9 Å². The lowest BCUT2D eigenvalue weighted by molar-refractivity contribution is -0.165. The topological polar surface area (TPSA) is 340 Å². The van der Waals surface area contributed by atoms with Crippen LogP contribution in [0, 0.1) is 11.3 Å². The van der Waals surface area contributed by atoms with Crippen molar-refractivity contribution in [2.45, 2.75) is 172 Å². The van der Waals surface area contributed by atoms with Crippen LogP contribution in [0.5, 0.6) is 5.75 Å². The highest BCUT2D eigenvalue weighted by atomic mass is 16.5. The van der Waals surface area contributed by atoms with Gasteiger partial charge in [-0.2, -0.15) is 0 Å². The average Bonchev–Trinajstić information content (AvgIpc) is 3.33. The highest BCUT2D eigenvalue weighted by molar-refractivity contribution is 5.99. The smallest absolute Gasteiger partial charge is 0.329 e. The molecular weight excluding hydrogens is 947 g/mol. The van der Waals surface area contributed by atoms with Crippen LogP contribution in [0.4, 0.5) is 0 Å². The summed E-state index contributed by atoms with van der Waals surface area (Å²) in [6, 6.07) is 4.24. The first-order chi connectivity index (χ1) is 34.6. The lowest BCUT2D eigenvalue weighted by Crippen LogP contribution is -2.65. The number of unbranched alkanes of at least 4 members (excludes halogenated alkanes) is 3. The van der Waals surface area contributed by atoms with Gasteiger partial charge in [0.1, 0.15) is 60.4 Å². The molecule has 22 nitrogen and oxygen atoms in total. The Balaban J connectivity index is 1.86. The molecule has 9 unspecified atom stereocenters. The number of carboxylic acid groups (broad SMARTS) is 1. The highest BCUT2D eigenvalue weighted by Gasteiger charge is 2.46. The number of hydrogen-bond acceptors (Lipinski definition) is 13. The number of rotatable bonds is 20. The zero-order chi connectivity index (χ0) is 53.9. The molecule has 0 radical (unpaired) electrons. The number of carbonyl (C=O) groups excluding carboxylic acids is 8. The summed E-state index contributed by atoms with van der Waals surface area (Å²) < 4.78 is 5.85. The molecule has 22 heteroatoms. The number of benzene rings is 2. The van der Waals surface area contributed by atoms with Crippen molar-refractivity contribution in [3.63, 3.8) is 0 Å². The fraction of sp³-hybridized carbons (Fsp3) is 0.569. The number of carbonyl (C=O) groups is 9. The van der Waals surface area contributed by atoms with Gasteiger partial charge in [0.2, 0.25) is 41.4 Å². The molecule has 2 aliphatic heterocycles. The van der Waals surface area contributed by atoms with E-state index >= 15 is 4.79 Å². The van der Waals surface area contributed by atoms with Gasteiger partial charge in [-0.3, -0.25) is 43.8 Å². The number of aromatic hydroxyl groups is 1. The Bertz CT molecular complexity index is 2260. The van der Waals surface area contributed by atoms with Crippen molar-refractivity contribution >= 4 is 59.1 Å². The van der Waals surface area contributed by atoms with E-state index < -0.39 is 120 Å². The van der Waals surface area contributed by atoms with Crippen LogP contribution in [0.2, 0.25) is 0 Å². The van der Waals surface area contributed by atoms with Crippen molar-refractivity contribution in [3.05, 3.63) is 65.7 Å². The highest BCUT2D eigenvalue weighted by Crippen LogP contribution is 2.26. The second-order valence-electron chi connectivity index (χ2n) is 19.1. The first-order valence-corrected chi connectivity index (χ1v) is 25.0. The Kier molecular flexibility index (Phi) is 22.6. The summed E-state index contributed by atoms with van der Waals surface area (Å²) in [5.41, 5.74) is 6.86. The summed E-state index contributed by atoms with van der Waals surface area (Å²) >= 11 is 0. The van der Waals surface area contributed by atoms with Crippen LogP contribution in [0.25, 0.3) is 0 Å². The average molecular weight is 1020 g/mol. The number of likely N-dealkylation sites (N-methyl/N-ethyl adjacent to an activating group) is 1. The number of aliphatic hydroxyl groups excluding tert-OH is 1. The van der Waals surface area contributed by atoms with Crippen LogP contribution in [0.1, 0.15) is 116 Å². The molecule has 11 N–H and O–H groups in total. The third-order valence-electron chi connectivity index (χ3n) is 13.0. The number of esters is 1. The molecule has 2 saturated heterocycles. The van der Waals surface area contributed by atoms with Gasteiger partial charge in [-0.05, 0) is 81.0 Å². The Morgan fingerprint density at radius 1 is 0.836 bits per heavy atom. The Morgan fingerprint density at radius 3 is 2.14 bits per heavy atom. The van der Waals surface area contributed by atoms with Gasteiger partial charge in [-0.25, -0.2) is 4.79 Å². The molecule has 0 aromatic heterocycles. The normalized spacial score (nSPS) is 23.9. The molecule has 2 aromatic rings. The van der Waals surface area contributed by atoms with Crippen molar-refractivity contribution in [3.8, 4) is 5.75 Å². The molecule has 0 saturated carbocycles. The van der Waals surface area contributed by atoms with Gasteiger partial charge in [0, 0.05) is 26.3 Å². The fourth-order valence-corrected chi connectivity index (χ4v) is 8.77. The van der Waals surface area contributed by atoms with E-state index in [-0.39, 0.29) is 69.4 Å². The van der Waals surface area contributed by atoms with E-state index in [9.17, 15) is 53.7 Å². The molecule has 0 aliphatic carbocycles. The van der Waals surface area contributed by atoms with Crippen LogP contribution in [-0.2, 0) is 60.7 Å². The minimum absolute atomic E-state index is 0.000321. The van der Waals surface area contributed by atoms with Crippen LogP contribution in [0.3, 0.4) is 0 Å². The zero-order valence-electron chi connectivity index (χ0n) is 42.3. The van der Waals surface area contributed by atoms with Crippen LogP contribution in [-0.4, -0.2) is 146 Å². The van der Waals surface area contributed by atoms with Gasteiger partial charge >= 0.3 is 11.9 Å². The third-order valence-corrected chi connectivity index (χ3v) is 13.0. The molecule has 2 aliphatic rings. The Morgan fingerprint density at radius 2 is 1.51 bits per heavy atom. The maximum atomic E-state index is 15.1. The fourth-order valence-electron chi connectivity index (χ4n) is 8.77. The van der Waals surface area contributed by atoms with E-state index in [1.165, 1.54) is 26.1 Å². The van der Waals surface area contributed by atoms with Gasteiger partial charge in [0.15, 0.2) is 0 Å². The van der Waals surface area contributed by atoms with E-state index in [1.54, 1.807) is 56.3 Å². The predicted octanol–water partition coefficient (Wildman–Crippen LogP) is 1.28. The van der Waals surface area contributed by atoms with E-state index in [1.807, 2.05) is 6.92 Å². The number of cyclic esters (lactones) is 1.